The largest absolute Gasteiger partial charge is 0.496 e. The second-order valence-corrected chi connectivity index (χ2v) is 4.54. The molecule has 1 aromatic rings. The molecule has 1 aromatic carbocycles. The van der Waals surface area contributed by atoms with E-state index in [0.29, 0.717) is 11.3 Å². The van der Waals surface area contributed by atoms with Crippen molar-refractivity contribution in [3.63, 3.8) is 0 Å². The van der Waals surface area contributed by atoms with E-state index in [1.165, 1.54) is 7.11 Å². The molecule has 1 fully saturated rings. The van der Waals surface area contributed by atoms with E-state index in [2.05, 4.69) is 0 Å². The van der Waals surface area contributed by atoms with Crippen LogP contribution in [0.2, 0.25) is 0 Å². The van der Waals surface area contributed by atoms with Gasteiger partial charge in [0.2, 0.25) is 0 Å². The summed E-state index contributed by atoms with van der Waals surface area (Å²) in [4.78, 5) is 23.6. The maximum absolute atomic E-state index is 12.0. The number of hydrogen-bond donors (Lipinski definition) is 0. The molecular formula is C14H16O3. The third-order valence-corrected chi connectivity index (χ3v) is 3.02. The van der Waals surface area contributed by atoms with Crippen LogP contribution >= 0.6 is 0 Å². The van der Waals surface area contributed by atoms with Gasteiger partial charge in [-0.15, -0.1) is 0 Å². The molecule has 0 heterocycles. The first kappa shape index (κ1) is 11.8. The van der Waals surface area contributed by atoms with Crippen LogP contribution in [-0.4, -0.2) is 18.7 Å². The molecule has 0 spiro atoms. The zero-order valence-electron chi connectivity index (χ0n) is 10.2. The lowest BCUT2D eigenvalue weighted by Crippen LogP contribution is -2.11. The van der Waals surface area contributed by atoms with E-state index in [9.17, 15) is 9.59 Å². The summed E-state index contributed by atoms with van der Waals surface area (Å²) in [5, 5.41) is 0. The predicted molar refractivity (Wildman–Crippen MR) is 64.4 cm³/mol. The molecule has 0 aromatic heterocycles. The average Bonchev–Trinajstić information content (AvgIpc) is 3.12. The second kappa shape index (κ2) is 4.70. The standard InChI is InChI=1S/C14H16O3/c1-9-3-6-14(17-2)11(7-9)13(16)8-12(15)10-4-5-10/h3,6-7,10H,4-5,8H2,1-2H3. The number of rotatable bonds is 5. The lowest BCUT2D eigenvalue weighted by molar-refractivity contribution is -0.119. The maximum atomic E-state index is 12.0. The van der Waals surface area contributed by atoms with Crippen LogP contribution in [0.25, 0.3) is 0 Å². The number of carbonyl (C=O) groups is 2. The van der Waals surface area contributed by atoms with Gasteiger partial charge in [0.15, 0.2) is 5.78 Å². The molecule has 1 aliphatic rings. The Labute approximate surface area is 101 Å². The highest BCUT2D eigenvalue weighted by atomic mass is 16.5. The van der Waals surface area contributed by atoms with Crippen molar-refractivity contribution in [2.75, 3.05) is 7.11 Å². The van der Waals surface area contributed by atoms with E-state index < -0.39 is 0 Å². The zero-order chi connectivity index (χ0) is 12.4. The van der Waals surface area contributed by atoms with E-state index in [0.717, 1.165) is 18.4 Å². The minimum Gasteiger partial charge on any atom is -0.496 e. The van der Waals surface area contributed by atoms with Crippen molar-refractivity contribution >= 4 is 11.6 Å². The van der Waals surface area contributed by atoms with Crippen molar-refractivity contribution in [3.05, 3.63) is 29.3 Å². The number of benzene rings is 1. The molecule has 2 rings (SSSR count). The van der Waals surface area contributed by atoms with Crippen LogP contribution in [0.5, 0.6) is 5.75 Å². The number of Topliss-reactive ketones (excluding diaryl/α,β-unsaturated/α-hetero) is 2. The quantitative estimate of drug-likeness (QED) is 0.579. The van der Waals surface area contributed by atoms with Crippen molar-refractivity contribution in [2.45, 2.75) is 26.2 Å². The number of ether oxygens (including phenoxy) is 1. The molecule has 3 heteroatoms. The van der Waals surface area contributed by atoms with Crippen LogP contribution in [0.1, 0.15) is 35.2 Å². The van der Waals surface area contributed by atoms with Gasteiger partial charge in [0.25, 0.3) is 0 Å². The Bertz CT molecular complexity index is 459. The summed E-state index contributed by atoms with van der Waals surface area (Å²) in [7, 11) is 1.53. The summed E-state index contributed by atoms with van der Waals surface area (Å²) in [6.07, 6.45) is 1.89. The molecule has 1 aliphatic carbocycles. The molecule has 0 radical (unpaired) electrons. The third kappa shape index (κ3) is 2.73. The maximum Gasteiger partial charge on any atom is 0.173 e. The molecule has 3 nitrogen and oxygen atoms in total. The first-order chi connectivity index (χ1) is 8.11. The third-order valence-electron chi connectivity index (χ3n) is 3.02. The molecule has 0 aliphatic heterocycles. The van der Waals surface area contributed by atoms with Crippen molar-refractivity contribution < 1.29 is 14.3 Å². The van der Waals surface area contributed by atoms with Crippen molar-refractivity contribution in [3.8, 4) is 5.75 Å². The number of ketones is 2. The van der Waals surface area contributed by atoms with Gasteiger partial charge >= 0.3 is 0 Å². The van der Waals surface area contributed by atoms with Crippen LogP contribution in [0.4, 0.5) is 0 Å². The Kier molecular flexibility index (Phi) is 3.27. The molecule has 0 bridgehead atoms. The summed E-state index contributed by atoms with van der Waals surface area (Å²) in [5.74, 6) is 0.611. The summed E-state index contributed by atoms with van der Waals surface area (Å²) < 4.78 is 5.15. The molecule has 0 N–H and O–H groups in total. The van der Waals surface area contributed by atoms with Crippen molar-refractivity contribution in [1.29, 1.82) is 0 Å². The van der Waals surface area contributed by atoms with Crippen LogP contribution in [-0.2, 0) is 4.79 Å². The van der Waals surface area contributed by atoms with Crippen LogP contribution in [0, 0.1) is 12.8 Å². The molecule has 17 heavy (non-hydrogen) atoms. The zero-order valence-corrected chi connectivity index (χ0v) is 10.2. The number of methoxy groups -OCH3 is 1. The highest BCUT2D eigenvalue weighted by Crippen LogP contribution is 2.32. The van der Waals surface area contributed by atoms with Crippen LogP contribution in [0.15, 0.2) is 18.2 Å². The van der Waals surface area contributed by atoms with Gasteiger partial charge in [-0.2, -0.15) is 0 Å². The second-order valence-electron chi connectivity index (χ2n) is 4.54. The molecule has 0 unspecified atom stereocenters. The first-order valence-electron chi connectivity index (χ1n) is 5.82. The van der Waals surface area contributed by atoms with E-state index >= 15 is 0 Å². The smallest absolute Gasteiger partial charge is 0.173 e. The lowest BCUT2D eigenvalue weighted by Gasteiger charge is -2.08. The fraction of sp³-hybridized carbons (Fsp3) is 0.429. The molecule has 1 saturated carbocycles. The van der Waals surface area contributed by atoms with Crippen molar-refractivity contribution in [2.24, 2.45) is 5.92 Å². The highest BCUT2D eigenvalue weighted by molar-refractivity contribution is 6.10. The van der Waals surface area contributed by atoms with Gasteiger partial charge in [-0.25, -0.2) is 0 Å². The van der Waals surface area contributed by atoms with E-state index in [-0.39, 0.29) is 23.9 Å². The minimum absolute atomic E-state index is 0.00444. The molecular weight excluding hydrogens is 216 g/mol. The number of aryl methyl sites for hydroxylation is 1. The Morgan fingerprint density at radius 2 is 2.06 bits per heavy atom. The average molecular weight is 232 g/mol. The summed E-state index contributed by atoms with van der Waals surface area (Å²) in [6, 6.07) is 5.43. The van der Waals surface area contributed by atoms with Crippen LogP contribution < -0.4 is 4.74 Å². The highest BCUT2D eigenvalue weighted by Gasteiger charge is 2.31. The molecule has 0 amide bonds. The first-order valence-corrected chi connectivity index (χ1v) is 5.82. The lowest BCUT2D eigenvalue weighted by atomic mass is 10.0. The number of hydrogen-bond acceptors (Lipinski definition) is 3. The summed E-state index contributed by atoms with van der Waals surface area (Å²) >= 11 is 0. The minimum atomic E-state index is -0.137. The number of carbonyl (C=O) groups excluding carboxylic acids is 2. The molecule has 90 valence electrons. The van der Waals surface area contributed by atoms with Gasteiger partial charge in [0, 0.05) is 5.92 Å². The van der Waals surface area contributed by atoms with Gasteiger partial charge in [0.05, 0.1) is 19.1 Å². The summed E-state index contributed by atoms with van der Waals surface area (Å²) in [5.41, 5.74) is 1.51. The Balaban J connectivity index is 2.16. The topological polar surface area (TPSA) is 43.4 Å². The van der Waals surface area contributed by atoms with Gasteiger partial charge in [0.1, 0.15) is 11.5 Å². The van der Waals surface area contributed by atoms with Gasteiger partial charge in [-0.1, -0.05) is 11.6 Å². The van der Waals surface area contributed by atoms with E-state index in [1.807, 2.05) is 13.0 Å². The van der Waals surface area contributed by atoms with E-state index in [1.54, 1.807) is 12.1 Å². The van der Waals surface area contributed by atoms with Gasteiger partial charge < -0.3 is 4.74 Å². The monoisotopic (exact) mass is 232 g/mol. The predicted octanol–water partition coefficient (Wildman–Crippen LogP) is 2.56. The van der Waals surface area contributed by atoms with Gasteiger partial charge in [-0.3, -0.25) is 9.59 Å². The van der Waals surface area contributed by atoms with E-state index in [4.69, 9.17) is 4.74 Å². The normalized spacial score (nSPS) is 14.5. The van der Waals surface area contributed by atoms with Crippen LogP contribution in [0.3, 0.4) is 0 Å². The summed E-state index contributed by atoms with van der Waals surface area (Å²) in [6.45, 7) is 1.92. The Hall–Kier alpha value is -1.64. The Morgan fingerprint density at radius 3 is 2.65 bits per heavy atom. The van der Waals surface area contributed by atoms with Crippen molar-refractivity contribution in [1.82, 2.24) is 0 Å². The molecule has 0 saturated heterocycles. The van der Waals surface area contributed by atoms with Gasteiger partial charge in [-0.05, 0) is 31.9 Å². The molecule has 0 atom stereocenters. The SMILES string of the molecule is COc1ccc(C)cc1C(=O)CC(=O)C1CC1. The Morgan fingerprint density at radius 1 is 1.35 bits per heavy atom. The fourth-order valence-corrected chi connectivity index (χ4v) is 1.84. The fourth-order valence-electron chi connectivity index (χ4n) is 1.84.